The normalized spacial score (nSPS) is 17.6. The van der Waals surface area contributed by atoms with Gasteiger partial charge in [-0.3, -0.25) is 4.79 Å². The fourth-order valence-electron chi connectivity index (χ4n) is 2.42. The maximum atomic E-state index is 11.5. The first-order chi connectivity index (χ1) is 11.2. The molecule has 2 aromatic heterocycles. The number of rotatable bonds is 4. The van der Waals surface area contributed by atoms with Gasteiger partial charge in [0.05, 0.1) is 16.6 Å². The summed E-state index contributed by atoms with van der Waals surface area (Å²) in [6, 6.07) is 5.94. The SMILES string of the molecule is O=C1NCCC1Nc1nnc(Cc2nc3ccc(Br)cc3s2)o1. The molecule has 3 aromatic rings. The second kappa shape index (κ2) is 5.89. The van der Waals surface area contributed by atoms with Gasteiger partial charge >= 0.3 is 6.01 Å². The molecule has 9 heteroatoms. The molecule has 4 rings (SSSR count). The van der Waals surface area contributed by atoms with Crippen LogP contribution in [0.25, 0.3) is 10.2 Å². The number of hydrogen-bond donors (Lipinski definition) is 2. The largest absolute Gasteiger partial charge is 0.408 e. The topological polar surface area (TPSA) is 92.9 Å². The lowest BCUT2D eigenvalue weighted by Crippen LogP contribution is -2.29. The maximum absolute atomic E-state index is 11.5. The predicted molar refractivity (Wildman–Crippen MR) is 89.5 cm³/mol. The Morgan fingerprint density at radius 1 is 1.43 bits per heavy atom. The van der Waals surface area contributed by atoms with E-state index in [-0.39, 0.29) is 18.0 Å². The fourth-order valence-corrected chi connectivity index (χ4v) is 3.93. The summed E-state index contributed by atoms with van der Waals surface area (Å²) in [5.41, 5.74) is 0.952. The van der Waals surface area contributed by atoms with Gasteiger partial charge in [-0.25, -0.2) is 4.98 Å². The summed E-state index contributed by atoms with van der Waals surface area (Å²) >= 11 is 5.05. The highest BCUT2D eigenvalue weighted by molar-refractivity contribution is 9.10. The second-order valence-electron chi connectivity index (χ2n) is 5.17. The van der Waals surface area contributed by atoms with E-state index >= 15 is 0 Å². The molecule has 23 heavy (non-hydrogen) atoms. The molecule has 7 nitrogen and oxygen atoms in total. The van der Waals surface area contributed by atoms with Crippen molar-refractivity contribution in [3.63, 3.8) is 0 Å². The van der Waals surface area contributed by atoms with Crippen LogP contribution in [0.3, 0.4) is 0 Å². The van der Waals surface area contributed by atoms with Crippen molar-refractivity contribution in [1.82, 2.24) is 20.5 Å². The van der Waals surface area contributed by atoms with Crippen LogP contribution < -0.4 is 10.6 Å². The Kier molecular flexibility index (Phi) is 3.74. The van der Waals surface area contributed by atoms with E-state index in [1.165, 1.54) is 0 Å². The standard InChI is InChI=1S/C14H12BrN5O2S/c15-7-1-2-8-10(5-7)23-12(17-8)6-11-19-20-14(22-11)18-9-3-4-16-13(9)21/h1-2,5,9H,3-4,6H2,(H,16,21)(H,18,20). The van der Waals surface area contributed by atoms with Crippen molar-refractivity contribution in [2.75, 3.05) is 11.9 Å². The number of nitrogens with zero attached hydrogens (tertiary/aromatic N) is 3. The molecule has 2 N–H and O–H groups in total. The molecule has 0 spiro atoms. The Hall–Kier alpha value is -2.00. The lowest BCUT2D eigenvalue weighted by Gasteiger charge is -2.05. The van der Waals surface area contributed by atoms with E-state index in [1.807, 2.05) is 18.2 Å². The average molecular weight is 394 g/mol. The lowest BCUT2D eigenvalue weighted by molar-refractivity contribution is -0.119. The first-order valence-electron chi connectivity index (χ1n) is 7.09. The van der Waals surface area contributed by atoms with Gasteiger partial charge in [0.1, 0.15) is 11.0 Å². The van der Waals surface area contributed by atoms with E-state index in [0.717, 1.165) is 19.7 Å². The average Bonchev–Trinajstić information content (AvgIpc) is 3.21. The zero-order valence-corrected chi connectivity index (χ0v) is 14.3. The highest BCUT2D eigenvalue weighted by Gasteiger charge is 2.25. The zero-order valence-electron chi connectivity index (χ0n) is 11.9. The third kappa shape index (κ3) is 3.06. The summed E-state index contributed by atoms with van der Waals surface area (Å²) in [5.74, 6) is 0.436. The van der Waals surface area contributed by atoms with Gasteiger partial charge in [-0.2, -0.15) is 0 Å². The van der Waals surface area contributed by atoms with Crippen LogP contribution in [-0.2, 0) is 11.2 Å². The van der Waals surface area contributed by atoms with Crippen LogP contribution in [0, 0.1) is 0 Å². The zero-order chi connectivity index (χ0) is 15.8. The van der Waals surface area contributed by atoms with E-state index in [2.05, 4.69) is 41.7 Å². The van der Waals surface area contributed by atoms with Crippen molar-refractivity contribution in [1.29, 1.82) is 0 Å². The first-order valence-corrected chi connectivity index (χ1v) is 8.70. The van der Waals surface area contributed by atoms with Crippen LogP contribution in [0.15, 0.2) is 27.1 Å². The molecule has 1 amide bonds. The highest BCUT2D eigenvalue weighted by atomic mass is 79.9. The van der Waals surface area contributed by atoms with Crippen LogP contribution in [0.5, 0.6) is 0 Å². The Bertz CT molecular complexity index is 877. The Morgan fingerprint density at radius 3 is 3.17 bits per heavy atom. The van der Waals surface area contributed by atoms with Gasteiger partial charge in [0.2, 0.25) is 11.8 Å². The molecule has 0 radical (unpaired) electrons. The van der Waals surface area contributed by atoms with Gasteiger partial charge in [0.25, 0.3) is 0 Å². The molecule has 0 aliphatic carbocycles. The van der Waals surface area contributed by atoms with Gasteiger partial charge < -0.3 is 15.1 Å². The number of thiazole rings is 1. The number of hydrogen-bond acceptors (Lipinski definition) is 7. The van der Waals surface area contributed by atoms with Crippen molar-refractivity contribution in [3.05, 3.63) is 33.6 Å². The second-order valence-corrected chi connectivity index (χ2v) is 7.20. The molecule has 1 unspecified atom stereocenters. The Balaban J connectivity index is 1.48. The van der Waals surface area contributed by atoms with Crippen LogP contribution >= 0.6 is 27.3 Å². The van der Waals surface area contributed by atoms with Crippen LogP contribution in [0.4, 0.5) is 6.01 Å². The van der Waals surface area contributed by atoms with Crippen molar-refractivity contribution >= 4 is 49.4 Å². The minimum atomic E-state index is -0.303. The molecule has 1 fully saturated rings. The van der Waals surface area contributed by atoms with E-state index < -0.39 is 0 Å². The Morgan fingerprint density at radius 2 is 2.35 bits per heavy atom. The highest BCUT2D eigenvalue weighted by Crippen LogP contribution is 2.27. The number of carbonyl (C=O) groups excluding carboxylic acids is 1. The number of amides is 1. The third-order valence-corrected chi connectivity index (χ3v) is 5.02. The number of halogens is 1. The summed E-state index contributed by atoms with van der Waals surface area (Å²) < 4.78 is 7.70. The molecule has 0 saturated carbocycles. The number of anilines is 1. The van der Waals surface area contributed by atoms with Crippen molar-refractivity contribution in [3.8, 4) is 0 Å². The molecular weight excluding hydrogens is 382 g/mol. The molecule has 1 atom stereocenters. The summed E-state index contributed by atoms with van der Waals surface area (Å²) in [5, 5.41) is 14.6. The first kappa shape index (κ1) is 14.6. The Labute approximate surface area is 143 Å². The minimum Gasteiger partial charge on any atom is -0.408 e. The van der Waals surface area contributed by atoms with Crippen LogP contribution in [-0.4, -0.2) is 33.7 Å². The molecule has 1 saturated heterocycles. The number of fused-ring (bicyclic) bond motifs is 1. The quantitative estimate of drug-likeness (QED) is 0.706. The van der Waals surface area contributed by atoms with Gasteiger partial charge in [0.15, 0.2) is 0 Å². The number of aromatic nitrogens is 3. The van der Waals surface area contributed by atoms with E-state index in [9.17, 15) is 4.79 Å². The van der Waals surface area contributed by atoms with Crippen LogP contribution in [0.2, 0.25) is 0 Å². The molecule has 118 valence electrons. The monoisotopic (exact) mass is 393 g/mol. The van der Waals surface area contributed by atoms with Gasteiger partial charge in [-0.05, 0) is 24.6 Å². The van der Waals surface area contributed by atoms with Crippen molar-refractivity contribution in [2.24, 2.45) is 0 Å². The van der Waals surface area contributed by atoms with Gasteiger partial charge in [-0.1, -0.05) is 21.0 Å². The maximum Gasteiger partial charge on any atom is 0.316 e. The third-order valence-electron chi connectivity index (χ3n) is 3.51. The van der Waals surface area contributed by atoms with E-state index in [1.54, 1.807) is 11.3 Å². The number of nitrogens with one attached hydrogen (secondary N) is 2. The molecule has 1 aliphatic heterocycles. The lowest BCUT2D eigenvalue weighted by atomic mass is 10.2. The summed E-state index contributed by atoms with van der Waals surface area (Å²) in [4.78, 5) is 16.1. The van der Waals surface area contributed by atoms with Crippen molar-refractivity contribution < 1.29 is 9.21 Å². The summed E-state index contributed by atoms with van der Waals surface area (Å²) in [7, 11) is 0. The van der Waals surface area contributed by atoms with Crippen molar-refractivity contribution in [2.45, 2.75) is 18.9 Å². The summed E-state index contributed by atoms with van der Waals surface area (Å²) in [6.45, 7) is 0.665. The fraction of sp³-hybridized carbons (Fsp3) is 0.286. The molecular formula is C14H12BrN5O2S. The molecule has 3 heterocycles. The predicted octanol–water partition coefficient (Wildman–Crippen LogP) is 2.33. The van der Waals surface area contributed by atoms with Crippen LogP contribution in [0.1, 0.15) is 17.3 Å². The van der Waals surface area contributed by atoms with Gasteiger partial charge in [-0.15, -0.1) is 16.4 Å². The summed E-state index contributed by atoms with van der Waals surface area (Å²) in [6.07, 6.45) is 1.19. The number of benzene rings is 1. The number of carbonyl (C=O) groups is 1. The minimum absolute atomic E-state index is 0.0403. The smallest absolute Gasteiger partial charge is 0.316 e. The van der Waals surface area contributed by atoms with Gasteiger partial charge in [0, 0.05) is 11.0 Å². The van der Waals surface area contributed by atoms with E-state index in [0.29, 0.717) is 25.3 Å². The molecule has 1 aliphatic rings. The molecule has 0 bridgehead atoms. The van der Waals surface area contributed by atoms with E-state index in [4.69, 9.17) is 4.42 Å². The molecule has 1 aromatic carbocycles.